The fourth-order valence-electron chi connectivity index (χ4n) is 3.52. The predicted octanol–water partition coefficient (Wildman–Crippen LogP) is 0.930. The Bertz CT molecular complexity index is 493. The maximum absolute atomic E-state index is 12.9. The van der Waals surface area contributed by atoms with Crippen molar-refractivity contribution < 1.29 is 13.2 Å². The normalized spacial score (nSPS) is 29.4. The molecule has 5 nitrogen and oxygen atoms in total. The van der Waals surface area contributed by atoms with E-state index in [0.717, 1.165) is 19.3 Å². The molecule has 0 bridgehead atoms. The largest absolute Gasteiger partial charge is 0.341 e. The molecule has 2 rings (SSSR count). The molecule has 0 radical (unpaired) electrons. The number of rotatable bonds is 2. The van der Waals surface area contributed by atoms with Gasteiger partial charge in [0.05, 0.1) is 0 Å². The van der Waals surface area contributed by atoms with Crippen LogP contribution in [0.1, 0.15) is 46.0 Å². The number of sulfone groups is 1. The molecule has 0 aromatic rings. The molecule has 1 unspecified atom stereocenters. The van der Waals surface area contributed by atoms with Crippen LogP contribution in [-0.2, 0) is 14.6 Å². The summed E-state index contributed by atoms with van der Waals surface area (Å²) in [6, 6.07) is 0.0595. The van der Waals surface area contributed by atoms with E-state index in [9.17, 15) is 13.2 Å². The first-order valence-corrected chi connectivity index (χ1v) is 9.24. The van der Waals surface area contributed by atoms with E-state index in [0.29, 0.717) is 25.9 Å². The average molecular weight is 302 g/mol. The zero-order valence-corrected chi connectivity index (χ0v) is 13.5. The molecular formula is C14H26N2O3S. The molecule has 2 aliphatic rings. The van der Waals surface area contributed by atoms with E-state index >= 15 is 0 Å². The van der Waals surface area contributed by atoms with Crippen molar-refractivity contribution in [2.24, 2.45) is 11.1 Å². The van der Waals surface area contributed by atoms with E-state index in [2.05, 4.69) is 0 Å². The van der Waals surface area contributed by atoms with Crippen molar-refractivity contribution in [1.82, 2.24) is 4.90 Å². The van der Waals surface area contributed by atoms with Crippen LogP contribution < -0.4 is 5.73 Å². The Labute approximate surface area is 121 Å². The van der Waals surface area contributed by atoms with Crippen molar-refractivity contribution in [3.05, 3.63) is 0 Å². The maximum atomic E-state index is 12.9. The van der Waals surface area contributed by atoms with Gasteiger partial charge in [-0.1, -0.05) is 26.7 Å². The molecule has 1 heterocycles. The predicted molar refractivity (Wildman–Crippen MR) is 79.0 cm³/mol. The van der Waals surface area contributed by atoms with Crippen LogP contribution in [0.5, 0.6) is 0 Å². The summed E-state index contributed by atoms with van der Waals surface area (Å²) in [4.78, 5) is 14.6. The Morgan fingerprint density at radius 2 is 1.80 bits per heavy atom. The number of piperidine rings is 1. The zero-order chi connectivity index (χ0) is 15.2. The van der Waals surface area contributed by atoms with Crippen molar-refractivity contribution >= 4 is 15.7 Å². The number of hydrogen-bond acceptors (Lipinski definition) is 4. The second kappa shape index (κ2) is 4.98. The fourth-order valence-corrected chi connectivity index (χ4v) is 5.00. The summed E-state index contributed by atoms with van der Waals surface area (Å²) in [5.41, 5.74) is 5.93. The Morgan fingerprint density at radius 3 is 2.25 bits per heavy atom. The van der Waals surface area contributed by atoms with Crippen molar-refractivity contribution in [3.8, 4) is 0 Å². The highest BCUT2D eigenvalue weighted by molar-refractivity contribution is 7.92. The lowest BCUT2D eigenvalue weighted by Crippen LogP contribution is -2.59. The second-order valence-electron chi connectivity index (χ2n) is 7.08. The van der Waals surface area contributed by atoms with Crippen LogP contribution in [0, 0.1) is 5.41 Å². The highest BCUT2D eigenvalue weighted by Crippen LogP contribution is 2.40. The molecule has 0 spiro atoms. The average Bonchev–Trinajstić information content (AvgIpc) is 2.81. The van der Waals surface area contributed by atoms with Crippen molar-refractivity contribution in [3.63, 3.8) is 0 Å². The Kier molecular flexibility index (Phi) is 3.93. The minimum absolute atomic E-state index is 0.0595. The summed E-state index contributed by atoms with van der Waals surface area (Å²) in [6.07, 6.45) is 4.50. The lowest BCUT2D eigenvalue weighted by atomic mass is 9.79. The third-order valence-corrected chi connectivity index (χ3v) is 7.11. The lowest BCUT2D eigenvalue weighted by molar-refractivity contribution is -0.137. The fraction of sp³-hybridized carbons (Fsp3) is 0.929. The quantitative estimate of drug-likeness (QED) is 0.823. The van der Waals surface area contributed by atoms with Crippen molar-refractivity contribution in [1.29, 1.82) is 0 Å². The topological polar surface area (TPSA) is 80.5 Å². The van der Waals surface area contributed by atoms with Gasteiger partial charge in [0.15, 0.2) is 14.6 Å². The minimum Gasteiger partial charge on any atom is -0.341 e. The molecule has 1 atom stereocenters. The molecule has 2 N–H and O–H groups in total. The summed E-state index contributed by atoms with van der Waals surface area (Å²) in [6.45, 7) is 5.20. The van der Waals surface area contributed by atoms with Crippen molar-refractivity contribution in [2.45, 2.75) is 56.7 Å². The van der Waals surface area contributed by atoms with E-state index in [1.54, 1.807) is 4.90 Å². The third-order valence-electron chi connectivity index (χ3n) is 5.11. The van der Waals surface area contributed by atoms with Gasteiger partial charge < -0.3 is 10.6 Å². The number of amides is 1. The van der Waals surface area contributed by atoms with Crippen LogP contribution in [0.4, 0.5) is 0 Å². The molecule has 2 fully saturated rings. The van der Waals surface area contributed by atoms with Crippen LogP contribution in [0.3, 0.4) is 0 Å². The van der Waals surface area contributed by atoms with Gasteiger partial charge in [-0.05, 0) is 24.7 Å². The molecule has 116 valence electrons. The molecule has 1 aliphatic carbocycles. The highest BCUT2D eigenvalue weighted by Gasteiger charge is 2.53. The minimum atomic E-state index is -3.39. The van der Waals surface area contributed by atoms with Gasteiger partial charge in [0.25, 0.3) is 0 Å². The number of likely N-dealkylation sites (tertiary alicyclic amines) is 1. The van der Waals surface area contributed by atoms with E-state index in [1.165, 1.54) is 6.26 Å². The summed E-state index contributed by atoms with van der Waals surface area (Å²) < 4.78 is 23.2. The first-order valence-electron chi connectivity index (χ1n) is 7.35. The monoisotopic (exact) mass is 302 g/mol. The van der Waals surface area contributed by atoms with Crippen LogP contribution in [0.25, 0.3) is 0 Å². The van der Waals surface area contributed by atoms with Crippen molar-refractivity contribution in [2.75, 3.05) is 19.3 Å². The first kappa shape index (κ1) is 15.8. The van der Waals surface area contributed by atoms with E-state index in [4.69, 9.17) is 5.73 Å². The Hall–Kier alpha value is -0.620. The molecule has 0 aromatic heterocycles. The standard InChI is InChI=1S/C14H26N2O3S/c1-13(2)10-16(9-6-11(13)15)12(17)14(20(3,18)19)7-4-5-8-14/h11H,4-10,15H2,1-3H3. The summed E-state index contributed by atoms with van der Waals surface area (Å²) in [5.74, 6) is -0.197. The summed E-state index contributed by atoms with van der Waals surface area (Å²) >= 11 is 0. The van der Waals surface area contributed by atoms with Crippen LogP contribution >= 0.6 is 0 Å². The smallest absolute Gasteiger partial charge is 0.244 e. The molecular weight excluding hydrogens is 276 g/mol. The van der Waals surface area contributed by atoms with Gasteiger partial charge >= 0.3 is 0 Å². The molecule has 1 amide bonds. The number of nitrogens with zero attached hydrogens (tertiary/aromatic N) is 1. The van der Waals surface area contributed by atoms with Gasteiger partial charge in [-0.15, -0.1) is 0 Å². The van der Waals surface area contributed by atoms with Crippen LogP contribution in [-0.4, -0.2) is 49.4 Å². The zero-order valence-electron chi connectivity index (χ0n) is 12.7. The molecule has 20 heavy (non-hydrogen) atoms. The summed E-state index contributed by atoms with van der Waals surface area (Å²) in [7, 11) is -3.39. The maximum Gasteiger partial charge on any atom is 0.244 e. The van der Waals surface area contributed by atoms with E-state index in [1.807, 2.05) is 13.8 Å². The number of hydrogen-bond donors (Lipinski definition) is 1. The van der Waals surface area contributed by atoms with Gasteiger partial charge in [0, 0.05) is 25.4 Å². The van der Waals surface area contributed by atoms with Gasteiger partial charge in [-0.3, -0.25) is 4.79 Å². The van der Waals surface area contributed by atoms with E-state index < -0.39 is 14.6 Å². The van der Waals surface area contributed by atoms with Gasteiger partial charge in [-0.2, -0.15) is 0 Å². The molecule has 0 aromatic carbocycles. The number of carbonyl (C=O) groups is 1. The van der Waals surface area contributed by atoms with Gasteiger partial charge in [-0.25, -0.2) is 8.42 Å². The molecule has 6 heteroatoms. The Morgan fingerprint density at radius 1 is 1.25 bits per heavy atom. The second-order valence-corrected chi connectivity index (χ2v) is 9.41. The van der Waals surface area contributed by atoms with Crippen LogP contribution in [0.15, 0.2) is 0 Å². The summed E-state index contributed by atoms with van der Waals surface area (Å²) in [5, 5.41) is 0. The highest BCUT2D eigenvalue weighted by atomic mass is 32.2. The SMILES string of the molecule is CC1(C)CN(C(=O)C2(S(C)(=O)=O)CCCC2)CCC1N. The number of nitrogens with two attached hydrogens (primary N) is 1. The Balaban J connectivity index is 2.26. The molecule has 1 saturated heterocycles. The third kappa shape index (κ3) is 2.48. The molecule has 1 saturated carbocycles. The van der Waals surface area contributed by atoms with Crippen LogP contribution in [0.2, 0.25) is 0 Å². The lowest BCUT2D eigenvalue weighted by Gasteiger charge is -2.45. The van der Waals surface area contributed by atoms with E-state index in [-0.39, 0.29) is 17.4 Å². The number of carbonyl (C=O) groups excluding carboxylic acids is 1. The molecule has 1 aliphatic heterocycles. The van der Waals surface area contributed by atoms with Gasteiger partial charge in [0.2, 0.25) is 5.91 Å². The van der Waals surface area contributed by atoms with Gasteiger partial charge in [0.1, 0.15) is 0 Å². The first-order chi connectivity index (χ1) is 9.10.